The van der Waals surface area contributed by atoms with E-state index in [0.29, 0.717) is 0 Å². The Morgan fingerprint density at radius 1 is 1.53 bits per heavy atom. The van der Waals surface area contributed by atoms with E-state index in [4.69, 9.17) is 0 Å². The van der Waals surface area contributed by atoms with Gasteiger partial charge in [-0.1, -0.05) is 0 Å². The number of hydrogen-bond acceptors (Lipinski definition) is 2. The molecule has 0 radical (unpaired) electrons. The molecule has 2 heterocycles. The van der Waals surface area contributed by atoms with Gasteiger partial charge in [0.25, 0.3) is 5.91 Å². The quantitative estimate of drug-likeness (QED) is 0.717. The van der Waals surface area contributed by atoms with Crippen molar-refractivity contribution < 1.29 is 4.79 Å². The first-order valence-corrected chi connectivity index (χ1v) is 5.27. The number of nitrogens with zero attached hydrogens (tertiary/aromatic N) is 1. The molecule has 4 nitrogen and oxygen atoms in total. The first kappa shape index (κ1) is 10.2. The van der Waals surface area contributed by atoms with Gasteiger partial charge in [0, 0.05) is 32.0 Å². The summed E-state index contributed by atoms with van der Waals surface area (Å²) in [5, 5.41) is 3.30. The SMILES string of the molecule is CC1(C)CNCCN1C(=O)c1cc[nH]c1. The van der Waals surface area contributed by atoms with E-state index in [2.05, 4.69) is 24.1 Å². The van der Waals surface area contributed by atoms with Crippen molar-refractivity contribution in [3.05, 3.63) is 24.0 Å². The number of nitrogens with one attached hydrogen (secondary N) is 2. The molecular weight excluding hydrogens is 190 g/mol. The van der Waals surface area contributed by atoms with E-state index < -0.39 is 0 Å². The van der Waals surface area contributed by atoms with Crippen LogP contribution in [0.1, 0.15) is 24.2 Å². The molecule has 15 heavy (non-hydrogen) atoms. The van der Waals surface area contributed by atoms with Crippen molar-refractivity contribution in [3.63, 3.8) is 0 Å². The topological polar surface area (TPSA) is 48.1 Å². The van der Waals surface area contributed by atoms with Gasteiger partial charge in [-0.25, -0.2) is 0 Å². The molecule has 0 aliphatic carbocycles. The maximum absolute atomic E-state index is 12.2. The predicted molar refractivity (Wildman–Crippen MR) is 58.8 cm³/mol. The van der Waals surface area contributed by atoms with Gasteiger partial charge in [-0.15, -0.1) is 0 Å². The fourth-order valence-electron chi connectivity index (χ4n) is 1.97. The third kappa shape index (κ3) is 1.90. The van der Waals surface area contributed by atoms with E-state index >= 15 is 0 Å². The van der Waals surface area contributed by atoms with E-state index in [1.165, 1.54) is 0 Å². The number of aromatic amines is 1. The average Bonchev–Trinajstić information content (AvgIpc) is 2.69. The molecule has 2 rings (SSSR count). The Balaban J connectivity index is 2.19. The third-order valence-electron chi connectivity index (χ3n) is 2.89. The molecule has 1 aromatic heterocycles. The molecule has 4 heteroatoms. The Hall–Kier alpha value is -1.29. The van der Waals surface area contributed by atoms with E-state index in [1.807, 2.05) is 11.0 Å². The summed E-state index contributed by atoms with van der Waals surface area (Å²) < 4.78 is 0. The van der Waals surface area contributed by atoms with Crippen LogP contribution in [0.2, 0.25) is 0 Å². The summed E-state index contributed by atoms with van der Waals surface area (Å²) in [6.45, 7) is 6.67. The van der Waals surface area contributed by atoms with E-state index in [1.54, 1.807) is 12.4 Å². The van der Waals surface area contributed by atoms with Crippen LogP contribution in [0.3, 0.4) is 0 Å². The molecule has 2 N–H and O–H groups in total. The van der Waals surface area contributed by atoms with Gasteiger partial charge in [-0.3, -0.25) is 4.79 Å². The van der Waals surface area contributed by atoms with Crippen molar-refractivity contribution >= 4 is 5.91 Å². The Kier molecular flexibility index (Phi) is 2.52. The number of piperazine rings is 1. The lowest BCUT2D eigenvalue weighted by Gasteiger charge is -2.42. The van der Waals surface area contributed by atoms with Crippen LogP contribution in [0.25, 0.3) is 0 Å². The second-order valence-corrected chi connectivity index (χ2v) is 4.55. The molecule has 82 valence electrons. The maximum Gasteiger partial charge on any atom is 0.255 e. The Morgan fingerprint density at radius 2 is 2.33 bits per heavy atom. The normalized spacial score (nSPS) is 20.3. The molecule has 1 fully saturated rings. The number of hydrogen-bond donors (Lipinski definition) is 2. The molecular formula is C11H17N3O. The molecule has 1 saturated heterocycles. The van der Waals surface area contributed by atoms with Crippen LogP contribution in [-0.4, -0.2) is 41.0 Å². The van der Waals surface area contributed by atoms with Crippen LogP contribution in [0.4, 0.5) is 0 Å². The second kappa shape index (κ2) is 3.70. The largest absolute Gasteiger partial charge is 0.367 e. The third-order valence-corrected chi connectivity index (χ3v) is 2.89. The highest BCUT2D eigenvalue weighted by Gasteiger charge is 2.33. The number of carbonyl (C=O) groups excluding carboxylic acids is 1. The van der Waals surface area contributed by atoms with Crippen molar-refractivity contribution in [2.75, 3.05) is 19.6 Å². The van der Waals surface area contributed by atoms with Crippen molar-refractivity contribution in [1.82, 2.24) is 15.2 Å². The van der Waals surface area contributed by atoms with Crippen LogP contribution >= 0.6 is 0 Å². The van der Waals surface area contributed by atoms with Gasteiger partial charge in [-0.2, -0.15) is 0 Å². The predicted octanol–water partition coefficient (Wildman–Crippen LogP) is 0.839. The summed E-state index contributed by atoms with van der Waals surface area (Å²) in [4.78, 5) is 17.0. The minimum Gasteiger partial charge on any atom is -0.367 e. The van der Waals surface area contributed by atoms with Crippen LogP contribution in [0.5, 0.6) is 0 Å². The van der Waals surface area contributed by atoms with Gasteiger partial charge < -0.3 is 15.2 Å². The van der Waals surface area contributed by atoms with Gasteiger partial charge in [0.2, 0.25) is 0 Å². The number of amides is 1. The maximum atomic E-state index is 12.2. The highest BCUT2D eigenvalue weighted by Crippen LogP contribution is 2.19. The zero-order valence-electron chi connectivity index (χ0n) is 9.21. The lowest BCUT2D eigenvalue weighted by molar-refractivity contribution is 0.0477. The molecule has 0 unspecified atom stereocenters. The molecule has 1 amide bonds. The van der Waals surface area contributed by atoms with Gasteiger partial charge in [0.1, 0.15) is 0 Å². The number of aromatic nitrogens is 1. The number of carbonyl (C=O) groups is 1. The number of rotatable bonds is 1. The fraction of sp³-hybridized carbons (Fsp3) is 0.545. The van der Waals surface area contributed by atoms with Crippen molar-refractivity contribution in [1.29, 1.82) is 0 Å². The van der Waals surface area contributed by atoms with Gasteiger partial charge >= 0.3 is 0 Å². The molecule has 1 aromatic rings. The first-order chi connectivity index (χ1) is 7.11. The number of H-pyrrole nitrogens is 1. The molecule has 0 aromatic carbocycles. The van der Waals surface area contributed by atoms with Crippen LogP contribution in [0.15, 0.2) is 18.5 Å². The Labute approximate surface area is 89.7 Å². The van der Waals surface area contributed by atoms with Crippen LogP contribution in [-0.2, 0) is 0 Å². The molecule has 0 spiro atoms. The van der Waals surface area contributed by atoms with E-state index in [-0.39, 0.29) is 11.4 Å². The molecule has 0 atom stereocenters. The van der Waals surface area contributed by atoms with Crippen molar-refractivity contribution in [2.45, 2.75) is 19.4 Å². The summed E-state index contributed by atoms with van der Waals surface area (Å²) in [5.41, 5.74) is 0.636. The van der Waals surface area contributed by atoms with Gasteiger partial charge in [-0.05, 0) is 19.9 Å². The molecule has 0 saturated carbocycles. The summed E-state index contributed by atoms with van der Waals surface area (Å²) in [6, 6.07) is 1.82. The molecule has 1 aliphatic rings. The lowest BCUT2D eigenvalue weighted by Crippen LogP contribution is -2.59. The highest BCUT2D eigenvalue weighted by molar-refractivity contribution is 5.94. The molecule has 1 aliphatic heterocycles. The van der Waals surface area contributed by atoms with Gasteiger partial charge in [0.05, 0.1) is 11.1 Å². The standard InChI is InChI=1S/C11H17N3O/c1-11(2)8-13-5-6-14(11)10(15)9-3-4-12-7-9/h3-4,7,12-13H,5-6,8H2,1-2H3. The Morgan fingerprint density at radius 3 is 2.93 bits per heavy atom. The van der Waals surface area contributed by atoms with Crippen LogP contribution < -0.4 is 5.32 Å². The smallest absolute Gasteiger partial charge is 0.255 e. The first-order valence-electron chi connectivity index (χ1n) is 5.27. The van der Waals surface area contributed by atoms with E-state index in [0.717, 1.165) is 25.2 Å². The zero-order chi connectivity index (χ0) is 10.9. The lowest BCUT2D eigenvalue weighted by atomic mass is 9.99. The average molecular weight is 207 g/mol. The second-order valence-electron chi connectivity index (χ2n) is 4.55. The summed E-state index contributed by atoms with van der Waals surface area (Å²) in [7, 11) is 0. The molecule has 0 bridgehead atoms. The van der Waals surface area contributed by atoms with Gasteiger partial charge in [0.15, 0.2) is 0 Å². The fourth-order valence-corrected chi connectivity index (χ4v) is 1.97. The monoisotopic (exact) mass is 207 g/mol. The zero-order valence-corrected chi connectivity index (χ0v) is 9.21. The summed E-state index contributed by atoms with van der Waals surface area (Å²) in [6.07, 6.45) is 3.53. The van der Waals surface area contributed by atoms with Crippen LogP contribution in [0, 0.1) is 0 Å². The van der Waals surface area contributed by atoms with Crippen molar-refractivity contribution in [2.24, 2.45) is 0 Å². The summed E-state index contributed by atoms with van der Waals surface area (Å²) >= 11 is 0. The minimum absolute atomic E-state index is 0.105. The Bertz CT molecular complexity index is 343. The minimum atomic E-state index is -0.105. The van der Waals surface area contributed by atoms with E-state index in [9.17, 15) is 4.79 Å². The van der Waals surface area contributed by atoms with Crippen molar-refractivity contribution in [3.8, 4) is 0 Å². The highest BCUT2D eigenvalue weighted by atomic mass is 16.2. The summed E-state index contributed by atoms with van der Waals surface area (Å²) in [5.74, 6) is 0.114.